The van der Waals surface area contributed by atoms with Crippen LogP contribution in [0.2, 0.25) is 0 Å². The maximum absolute atomic E-state index is 11.7. The zero-order valence-electron chi connectivity index (χ0n) is 9.32. The first-order valence-electron chi connectivity index (χ1n) is 5.65. The van der Waals surface area contributed by atoms with Gasteiger partial charge < -0.3 is 10.3 Å². The highest BCUT2D eigenvalue weighted by Crippen LogP contribution is 2.33. The zero-order valence-corrected chi connectivity index (χ0v) is 9.32. The Morgan fingerprint density at radius 1 is 1.62 bits per heavy atom. The Hall–Kier alpha value is -1.58. The van der Waals surface area contributed by atoms with Crippen molar-refractivity contribution < 1.29 is 4.79 Å². The highest BCUT2D eigenvalue weighted by Gasteiger charge is 2.24. The van der Waals surface area contributed by atoms with Crippen molar-refractivity contribution in [1.82, 2.24) is 10.3 Å². The van der Waals surface area contributed by atoms with Crippen LogP contribution in [-0.4, -0.2) is 16.9 Å². The lowest BCUT2D eigenvalue weighted by Crippen LogP contribution is -2.33. The van der Waals surface area contributed by atoms with Crippen LogP contribution in [0.1, 0.15) is 36.5 Å². The third-order valence-electron chi connectivity index (χ3n) is 2.80. The van der Waals surface area contributed by atoms with Gasteiger partial charge in [0, 0.05) is 23.9 Å². The van der Waals surface area contributed by atoms with Gasteiger partial charge in [-0.15, -0.1) is 0 Å². The summed E-state index contributed by atoms with van der Waals surface area (Å²) in [7, 11) is 0. The number of amides is 1. The number of rotatable bonds is 4. The average molecular weight is 220 g/mol. The van der Waals surface area contributed by atoms with Crippen LogP contribution < -0.4 is 10.9 Å². The molecule has 4 heteroatoms. The minimum Gasteiger partial charge on any atom is -0.350 e. The number of carbonyl (C=O) groups is 1. The second-order valence-electron chi connectivity index (χ2n) is 4.50. The predicted octanol–water partition coefficient (Wildman–Crippen LogP) is 1.29. The van der Waals surface area contributed by atoms with Crippen LogP contribution in [0.5, 0.6) is 0 Å². The van der Waals surface area contributed by atoms with E-state index in [1.165, 1.54) is 25.1 Å². The monoisotopic (exact) mass is 220 g/mol. The largest absolute Gasteiger partial charge is 0.350 e. The zero-order chi connectivity index (χ0) is 11.5. The lowest BCUT2D eigenvalue weighted by molar-refractivity contribution is 0.0937. The fraction of sp³-hybridized carbons (Fsp3) is 0.500. The van der Waals surface area contributed by atoms with Gasteiger partial charge in [0.05, 0.1) is 0 Å². The van der Waals surface area contributed by atoms with Crippen LogP contribution in [0, 0.1) is 5.92 Å². The molecule has 1 aromatic heterocycles. The predicted molar refractivity (Wildman–Crippen MR) is 61.3 cm³/mol. The lowest BCUT2D eigenvalue weighted by atomic mass is 10.1. The number of hydrogen-bond acceptors (Lipinski definition) is 2. The molecule has 16 heavy (non-hydrogen) atoms. The minimum absolute atomic E-state index is 0.167. The molecule has 0 saturated heterocycles. The molecule has 1 atom stereocenters. The molecule has 86 valence electrons. The average Bonchev–Trinajstić information content (AvgIpc) is 3.01. The van der Waals surface area contributed by atoms with Crippen LogP contribution in [-0.2, 0) is 0 Å². The van der Waals surface area contributed by atoms with E-state index in [-0.39, 0.29) is 17.5 Å². The van der Waals surface area contributed by atoms with Gasteiger partial charge in [0.15, 0.2) is 0 Å². The van der Waals surface area contributed by atoms with Crippen LogP contribution in [0.15, 0.2) is 23.1 Å². The minimum atomic E-state index is -0.248. The number of pyridine rings is 1. The van der Waals surface area contributed by atoms with Crippen molar-refractivity contribution >= 4 is 5.91 Å². The molecule has 1 fully saturated rings. The number of carbonyl (C=O) groups excluding carboxylic acids is 1. The summed E-state index contributed by atoms with van der Waals surface area (Å²) in [5, 5.41) is 2.90. The number of hydrogen-bond donors (Lipinski definition) is 2. The van der Waals surface area contributed by atoms with Crippen LogP contribution in [0.4, 0.5) is 0 Å². The van der Waals surface area contributed by atoms with Crippen LogP contribution >= 0.6 is 0 Å². The van der Waals surface area contributed by atoms with Gasteiger partial charge in [0.1, 0.15) is 0 Å². The highest BCUT2D eigenvalue weighted by atomic mass is 16.2. The first-order chi connectivity index (χ1) is 7.65. The van der Waals surface area contributed by atoms with E-state index in [1.54, 1.807) is 6.07 Å². The molecule has 0 aliphatic heterocycles. The Kier molecular flexibility index (Phi) is 3.08. The number of H-pyrrole nitrogens is 1. The van der Waals surface area contributed by atoms with Crippen molar-refractivity contribution in [2.45, 2.75) is 32.2 Å². The quantitative estimate of drug-likeness (QED) is 0.803. The van der Waals surface area contributed by atoms with Crippen molar-refractivity contribution in [1.29, 1.82) is 0 Å². The normalized spacial score (nSPS) is 16.8. The van der Waals surface area contributed by atoms with Gasteiger partial charge in [-0.1, -0.05) is 12.8 Å². The SMILES string of the molecule is CC(CC1CC1)NC(=O)c1cc[nH]c(=O)c1. The first kappa shape index (κ1) is 10.9. The van der Waals surface area contributed by atoms with E-state index in [1.807, 2.05) is 6.92 Å². The van der Waals surface area contributed by atoms with Crippen molar-refractivity contribution in [2.24, 2.45) is 5.92 Å². The molecular weight excluding hydrogens is 204 g/mol. The Morgan fingerprint density at radius 2 is 2.38 bits per heavy atom. The molecule has 1 unspecified atom stereocenters. The molecule has 0 radical (unpaired) electrons. The topological polar surface area (TPSA) is 62.0 Å². The molecule has 1 heterocycles. The van der Waals surface area contributed by atoms with Gasteiger partial charge in [-0.25, -0.2) is 0 Å². The fourth-order valence-electron chi connectivity index (χ4n) is 1.81. The highest BCUT2D eigenvalue weighted by molar-refractivity contribution is 5.94. The van der Waals surface area contributed by atoms with Crippen LogP contribution in [0.25, 0.3) is 0 Å². The molecule has 0 spiro atoms. The molecule has 1 aliphatic carbocycles. The number of aromatic nitrogens is 1. The molecule has 0 bridgehead atoms. The van der Waals surface area contributed by atoms with Crippen LogP contribution in [0.3, 0.4) is 0 Å². The van der Waals surface area contributed by atoms with Gasteiger partial charge in [-0.2, -0.15) is 0 Å². The van der Waals surface area contributed by atoms with E-state index < -0.39 is 0 Å². The van der Waals surface area contributed by atoms with E-state index in [0.717, 1.165) is 12.3 Å². The summed E-state index contributed by atoms with van der Waals surface area (Å²) in [5.74, 6) is 0.619. The van der Waals surface area contributed by atoms with Crippen molar-refractivity contribution in [2.75, 3.05) is 0 Å². The summed E-state index contributed by atoms with van der Waals surface area (Å²) in [6.45, 7) is 2.00. The molecule has 2 N–H and O–H groups in total. The van der Waals surface area contributed by atoms with Gasteiger partial charge in [-0.05, 0) is 25.3 Å². The van der Waals surface area contributed by atoms with Crippen molar-refractivity contribution in [3.8, 4) is 0 Å². The van der Waals surface area contributed by atoms with Gasteiger partial charge in [0.25, 0.3) is 5.91 Å². The van der Waals surface area contributed by atoms with Crippen molar-refractivity contribution in [3.05, 3.63) is 34.2 Å². The summed E-state index contributed by atoms with van der Waals surface area (Å²) in [6.07, 6.45) is 5.09. The molecule has 1 aliphatic rings. The van der Waals surface area contributed by atoms with Gasteiger partial charge >= 0.3 is 0 Å². The Morgan fingerprint density at radius 3 is 3.00 bits per heavy atom. The van der Waals surface area contributed by atoms with Crippen molar-refractivity contribution in [3.63, 3.8) is 0 Å². The fourth-order valence-corrected chi connectivity index (χ4v) is 1.81. The number of nitrogens with one attached hydrogen (secondary N) is 2. The summed E-state index contributed by atoms with van der Waals surface area (Å²) in [4.78, 5) is 25.3. The summed E-state index contributed by atoms with van der Waals surface area (Å²) in [5.41, 5.74) is 0.175. The van der Waals surface area contributed by atoms with E-state index in [9.17, 15) is 9.59 Å². The number of aromatic amines is 1. The lowest BCUT2D eigenvalue weighted by Gasteiger charge is -2.12. The summed E-state index contributed by atoms with van der Waals surface area (Å²) >= 11 is 0. The van der Waals surface area contributed by atoms with Gasteiger partial charge in [-0.3, -0.25) is 9.59 Å². The smallest absolute Gasteiger partial charge is 0.251 e. The standard InChI is InChI=1S/C12H16N2O2/c1-8(6-9-2-3-9)14-12(16)10-4-5-13-11(15)7-10/h4-5,7-9H,2-3,6H2,1H3,(H,13,15)(H,14,16). The molecule has 1 amide bonds. The summed E-state index contributed by atoms with van der Waals surface area (Å²) in [6, 6.07) is 3.11. The third-order valence-corrected chi connectivity index (χ3v) is 2.80. The van der Waals surface area contributed by atoms with E-state index in [2.05, 4.69) is 10.3 Å². The second kappa shape index (κ2) is 4.51. The molecule has 0 aromatic carbocycles. The molecule has 1 aromatic rings. The molecule has 4 nitrogen and oxygen atoms in total. The second-order valence-corrected chi connectivity index (χ2v) is 4.50. The third kappa shape index (κ3) is 2.95. The Balaban J connectivity index is 1.93. The summed E-state index contributed by atoms with van der Waals surface area (Å²) < 4.78 is 0. The van der Waals surface area contributed by atoms with E-state index >= 15 is 0 Å². The Bertz CT molecular complexity index is 435. The first-order valence-corrected chi connectivity index (χ1v) is 5.65. The van der Waals surface area contributed by atoms with Gasteiger partial charge in [0.2, 0.25) is 5.56 Å². The van der Waals surface area contributed by atoms with E-state index in [0.29, 0.717) is 5.56 Å². The molecular formula is C12H16N2O2. The molecule has 2 rings (SSSR count). The maximum Gasteiger partial charge on any atom is 0.251 e. The molecule has 1 saturated carbocycles. The maximum atomic E-state index is 11.7. The van der Waals surface area contributed by atoms with E-state index in [4.69, 9.17) is 0 Å². The Labute approximate surface area is 94.1 Å².